The van der Waals surface area contributed by atoms with Crippen LogP contribution in [0.15, 0.2) is 54.9 Å². The number of hydrogen-bond acceptors (Lipinski definition) is 7. The van der Waals surface area contributed by atoms with Crippen molar-refractivity contribution in [3.8, 4) is 23.2 Å². The van der Waals surface area contributed by atoms with Crippen molar-refractivity contribution in [2.75, 3.05) is 37.7 Å². The lowest BCUT2D eigenvalue weighted by atomic mass is 9.72. The van der Waals surface area contributed by atoms with Gasteiger partial charge >= 0.3 is 6.18 Å². The lowest BCUT2D eigenvalue weighted by Gasteiger charge is -2.42. The highest BCUT2D eigenvalue weighted by atomic mass is 19.4. The van der Waals surface area contributed by atoms with Gasteiger partial charge in [0.15, 0.2) is 0 Å². The number of piperidine rings is 1. The van der Waals surface area contributed by atoms with Crippen molar-refractivity contribution in [3.05, 3.63) is 71.5 Å². The van der Waals surface area contributed by atoms with E-state index >= 15 is 0 Å². The molecule has 2 N–H and O–H groups in total. The van der Waals surface area contributed by atoms with Gasteiger partial charge in [0.1, 0.15) is 6.07 Å². The van der Waals surface area contributed by atoms with Crippen molar-refractivity contribution in [1.82, 2.24) is 20.6 Å². The number of ether oxygens (including phenoxy) is 1. The van der Waals surface area contributed by atoms with Gasteiger partial charge in [-0.15, -0.1) is 0 Å². The number of amides is 1. The third-order valence-corrected chi connectivity index (χ3v) is 7.88. The van der Waals surface area contributed by atoms with Crippen molar-refractivity contribution in [2.45, 2.75) is 43.8 Å². The van der Waals surface area contributed by atoms with E-state index in [1.54, 1.807) is 12.4 Å². The number of halogens is 3. The minimum Gasteiger partial charge on any atom is -0.477 e. The fourth-order valence-corrected chi connectivity index (χ4v) is 5.63. The molecule has 2 aliphatic rings. The number of benzene rings is 1. The van der Waals surface area contributed by atoms with Gasteiger partial charge in [0.2, 0.25) is 11.8 Å². The van der Waals surface area contributed by atoms with Gasteiger partial charge < -0.3 is 20.3 Å². The average molecular weight is 565 g/mol. The van der Waals surface area contributed by atoms with Crippen molar-refractivity contribution in [2.24, 2.45) is 0 Å². The highest BCUT2D eigenvalue weighted by Crippen LogP contribution is 2.40. The predicted molar refractivity (Wildman–Crippen MR) is 147 cm³/mol. The summed E-state index contributed by atoms with van der Waals surface area (Å²) in [6.07, 6.45) is 0.490. The smallest absolute Gasteiger partial charge is 0.416 e. The van der Waals surface area contributed by atoms with Crippen LogP contribution in [0.2, 0.25) is 0 Å². The zero-order valence-corrected chi connectivity index (χ0v) is 22.7. The normalized spacial score (nSPS) is 18.5. The van der Waals surface area contributed by atoms with Crippen molar-refractivity contribution >= 4 is 11.6 Å². The number of nitrogens with zero attached hydrogens (tertiary/aromatic N) is 4. The summed E-state index contributed by atoms with van der Waals surface area (Å²) in [6.45, 7) is 4.65. The molecule has 1 atom stereocenters. The Morgan fingerprint density at radius 1 is 1.22 bits per heavy atom. The first kappa shape index (κ1) is 28.4. The summed E-state index contributed by atoms with van der Waals surface area (Å²) in [5.74, 6) is 0.388. The Morgan fingerprint density at radius 3 is 2.66 bits per heavy atom. The van der Waals surface area contributed by atoms with Gasteiger partial charge in [0, 0.05) is 38.1 Å². The van der Waals surface area contributed by atoms with Gasteiger partial charge in [-0.1, -0.05) is 6.07 Å². The van der Waals surface area contributed by atoms with Gasteiger partial charge in [-0.3, -0.25) is 9.78 Å². The average Bonchev–Trinajstić information content (AvgIpc) is 3.50. The molecule has 0 unspecified atom stereocenters. The summed E-state index contributed by atoms with van der Waals surface area (Å²) in [5, 5.41) is 16.1. The van der Waals surface area contributed by atoms with Gasteiger partial charge in [-0.25, -0.2) is 4.98 Å². The SMILES string of the molecule is CCOc1ncccc1-c1ccc(C2(C(=O)N[C@H]3CCNC3)CCN(c3ccc(C(F)(F)F)cc3C#N)CC2)cn1. The fourth-order valence-electron chi connectivity index (χ4n) is 5.63. The second-order valence-corrected chi connectivity index (χ2v) is 10.3. The molecule has 0 saturated carbocycles. The molecule has 0 aliphatic carbocycles. The van der Waals surface area contributed by atoms with E-state index < -0.39 is 17.2 Å². The first-order valence-corrected chi connectivity index (χ1v) is 13.7. The lowest BCUT2D eigenvalue weighted by molar-refractivity contribution is -0.137. The van der Waals surface area contributed by atoms with Crippen molar-refractivity contribution in [3.63, 3.8) is 0 Å². The molecule has 214 valence electrons. The van der Waals surface area contributed by atoms with E-state index in [1.807, 2.05) is 42.2 Å². The number of anilines is 1. The van der Waals surface area contributed by atoms with Crippen LogP contribution in [-0.4, -0.2) is 54.7 Å². The summed E-state index contributed by atoms with van der Waals surface area (Å²) in [7, 11) is 0. The molecule has 4 heterocycles. The number of pyridine rings is 2. The minimum absolute atomic E-state index is 0.0221. The quantitative estimate of drug-likeness (QED) is 0.437. The maximum atomic E-state index is 13.9. The van der Waals surface area contributed by atoms with Crippen molar-refractivity contribution < 1.29 is 22.7 Å². The largest absolute Gasteiger partial charge is 0.477 e. The number of carbonyl (C=O) groups is 1. The van der Waals surface area contributed by atoms with Crippen LogP contribution in [-0.2, 0) is 16.4 Å². The van der Waals surface area contributed by atoms with E-state index in [0.29, 0.717) is 56.3 Å². The lowest BCUT2D eigenvalue weighted by Crippen LogP contribution is -2.54. The monoisotopic (exact) mass is 564 g/mol. The molecule has 1 aromatic carbocycles. The van der Waals surface area contributed by atoms with Crippen LogP contribution in [0.4, 0.5) is 18.9 Å². The Kier molecular flexibility index (Phi) is 8.13. The maximum Gasteiger partial charge on any atom is 0.416 e. The molecular formula is C30H31F3N6O2. The Morgan fingerprint density at radius 2 is 2.02 bits per heavy atom. The Hall–Kier alpha value is -4.17. The molecule has 41 heavy (non-hydrogen) atoms. The molecule has 0 spiro atoms. The standard InChI is InChI=1S/C30H31F3N6O2/c1-2-41-27-24(4-3-12-36-27)25-7-5-22(18-37-25)29(28(40)38-23-9-13-35-19-23)10-14-39(15-11-29)26-8-6-21(30(31,32)33)16-20(26)17-34/h3-8,12,16,18,23,35H,2,9-11,13-15,19H2,1H3,(H,38,40)/t23-/m0/s1. The number of alkyl halides is 3. The number of rotatable bonds is 7. The molecule has 8 nitrogen and oxygen atoms in total. The second-order valence-electron chi connectivity index (χ2n) is 10.3. The zero-order valence-electron chi connectivity index (χ0n) is 22.7. The number of aromatic nitrogens is 2. The molecule has 2 aliphatic heterocycles. The molecule has 0 bridgehead atoms. The van der Waals surface area contributed by atoms with E-state index in [1.165, 1.54) is 6.07 Å². The Bertz CT molecular complexity index is 1420. The molecule has 3 aromatic rings. The number of carbonyl (C=O) groups excluding carboxylic acids is 1. The molecule has 2 fully saturated rings. The maximum absolute atomic E-state index is 13.9. The van der Waals surface area contributed by atoms with Gasteiger partial charge in [0.05, 0.1) is 40.1 Å². The van der Waals surface area contributed by atoms with Crippen LogP contribution in [0.5, 0.6) is 5.88 Å². The van der Waals surface area contributed by atoms with E-state index in [9.17, 15) is 23.2 Å². The zero-order chi connectivity index (χ0) is 29.0. The highest BCUT2D eigenvalue weighted by Gasteiger charge is 2.44. The summed E-state index contributed by atoms with van der Waals surface area (Å²) in [5.41, 5.74) is 0.824. The van der Waals surface area contributed by atoms with Gasteiger partial charge in [-0.2, -0.15) is 18.4 Å². The van der Waals surface area contributed by atoms with Crippen molar-refractivity contribution in [1.29, 1.82) is 5.26 Å². The van der Waals surface area contributed by atoms with Crippen LogP contribution in [0.3, 0.4) is 0 Å². The van der Waals surface area contributed by atoms with E-state index in [-0.39, 0.29) is 17.5 Å². The third kappa shape index (κ3) is 5.84. The molecule has 1 amide bonds. The Labute approximate surface area is 236 Å². The Balaban J connectivity index is 1.43. The number of nitriles is 1. The molecule has 2 saturated heterocycles. The van der Waals surface area contributed by atoms with Gasteiger partial charge in [-0.05, 0) is 74.7 Å². The van der Waals surface area contributed by atoms with E-state index in [4.69, 9.17) is 4.74 Å². The van der Waals surface area contributed by atoms with Crippen LogP contribution in [0.25, 0.3) is 11.3 Å². The molecule has 11 heteroatoms. The van der Waals surface area contributed by atoms with Gasteiger partial charge in [0.25, 0.3) is 0 Å². The van der Waals surface area contributed by atoms with Crippen LogP contribution >= 0.6 is 0 Å². The molecule has 0 radical (unpaired) electrons. The van der Waals surface area contributed by atoms with Crippen LogP contribution in [0, 0.1) is 11.3 Å². The summed E-state index contributed by atoms with van der Waals surface area (Å²) < 4.78 is 45.4. The summed E-state index contributed by atoms with van der Waals surface area (Å²) in [4.78, 5) is 24.8. The topological polar surface area (TPSA) is 103 Å². The summed E-state index contributed by atoms with van der Waals surface area (Å²) in [6, 6.07) is 12.6. The highest BCUT2D eigenvalue weighted by molar-refractivity contribution is 5.89. The first-order chi connectivity index (χ1) is 19.7. The number of nitrogens with one attached hydrogen (secondary N) is 2. The van der Waals surface area contributed by atoms with E-state index in [2.05, 4.69) is 20.6 Å². The summed E-state index contributed by atoms with van der Waals surface area (Å²) >= 11 is 0. The third-order valence-electron chi connectivity index (χ3n) is 7.88. The molecular weight excluding hydrogens is 533 g/mol. The minimum atomic E-state index is -4.53. The number of hydrogen-bond donors (Lipinski definition) is 2. The first-order valence-electron chi connectivity index (χ1n) is 13.7. The van der Waals surface area contributed by atoms with Crippen LogP contribution < -0.4 is 20.3 Å². The van der Waals surface area contributed by atoms with Crippen LogP contribution in [0.1, 0.15) is 42.9 Å². The predicted octanol–water partition coefficient (Wildman–Crippen LogP) is 4.45. The molecule has 5 rings (SSSR count). The fraction of sp³-hybridized carbons (Fsp3) is 0.400. The van der Waals surface area contributed by atoms with E-state index in [0.717, 1.165) is 36.2 Å². The second kappa shape index (κ2) is 11.7. The molecule has 2 aromatic heterocycles.